The Kier molecular flexibility index (Phi) is 3.16. The molecule has 7 heteroatoms. The minimum Gasteiger partial charge on any atom is -0.370 e. The van der Waals surface area contributed by atoms with Crippen molar-refractivity contribution in [1.29, 1.82) is 0 Å². The second-order valence-corrected chi connectivity index (χ2v) is 6.11. The number of fused-ring (bicyclic) bond motifs is 2. The molecule has 0 saturated heterocycles. The van der Waals surface area contributed by atoms with Crippen molar-refractivity contribution in [2.75, 3.05) is 5.32 Å². The van der Waals surface area contributed by atoms with Crippen molar-refractivity contribution in [2.24, 2.45) is 10.7 Å². The number of nitrogens with one attached hydrogen (secondary N) is 1. The smallest absolute Gasteiger partial charge is 0.264 e. The van der Waals surface area contributed by atoms with Gasteiger partial charge in [-0.2, -0.15) is 0 Å². The van der Waals surface area contributed by atoms with Crippen LogP contribution in [0.2, 0.25) is 0 Å². The zero-order valence-electron chi connectivity index (χ0n) is 11.9. The molecule has 1 aliphatic rings. The molecule has 0 aliphatic carbocycles. The van der Waals surface area contributed by atoms with Gasteiger partial charge in [-0.25, -0.2) is 9.98 Å². The van der Waals surface area contributed by atoms with Gasteiger partial charge in [-0.1, -0.05) is 40.2 Å². The van der Waals surface area contributed by atoms with Crippen LogP contribution in [0.3, 0.4) is 0 Å². The van der Waals surface area contributed by atoms with Gasteiger partial charge < -0.3 is 5.73 Å². The highest BCUT2D eigenvalue weighted by molar-refractivity contribution is 9.10. The van der Waals surface area contributed by atoms with Crippen LogP contribution >= 0.6 is 15.9 Å². The normalized spacial score (nSPS) is 16.6. The number of aliphatic imine (C=N–C) groups is 1. The van der Waals surface area contributed by atoms with Crippen LogP contribution in [0.15, 0.2) is 62.8 Å². The molecular formula is C16H12BrN5O. The number of halogens is 1. The quantitative estimate of drug-likeness (QED) is 0.689. The Bertz CT molecular complexity index is 1010. The highest BCUT2D eigenvalue weighted by Gasteiger charge is 2.25. The topological polar surface area (TPSA) is 85.3 Å². The molecular weight excluding hydrogens is 358 g/mol. The molecule has 4 rings (SSSR count). The zero-order valence-corrected chi connectivity index (χ0v) is 13.5. The van der Waals surface area contributed by atoms with Crippen LogP contribution in [0.1, 0.15) is 11.7 Å². The fourth-order valence-corrected chi connectivity index (χ4v) is 3.11. The second kappa shape index (κ2) is 5.20. The van der Waals surface area contributed by atoms with Crippen molar-refractivity contribution in [3.8, 4) is 0 Å². The maximum absolute atomic E-state index is 12.9. The van der Waals surface area contributed by atoms with Gasteiger partial charge in [0.2, 0.25) is 5.95 Å². The molecule has 2 aromatic carbocycles. The van der Waals surface area contributed by atoms with E-state index in [0.29, 0.717) is 16.9 Å². The summed E-state index contributed by atoms with van der Waals surface area (Å²) in [5.74, 6) is 0.628. The Morgan fingerprint density at radius 1 is 1.17 bits per heavy atom. The molecule has 23 heavy (non-hydrogen) atoms. The Morgan fingerprint density at radius 2 is 2.00 bits per heavy atom. The number of para-hydroxylation sites is 1. The van der Waals surface area contributed by atoms with Gasteiger partial charge >= 0.3 is 0 Å². The first-order valence-corrected chi connectivity index (χ1v) is 7.80. The van der Waals surface area contributed by atoms with Crippen LogP contribution in [0, 0.1) is 0 Å². The van der Waals surface area contributed by atoms with Gasteiger partial charge in [-0.15, -0.1) is 0 Å². The van der Waals surface area contributed by atoms with E-state index >= 15 is 0 Å². The van der Waals surface area contributed by atoms with Gasteiger partial charge in [0.05, 0.1) is 10.9 Å². The number of nitrogens with zero attached hydrogens (tertiary/aromatic N) is 3. The lowest BCUT2D eigenvalue weighted by Crippen LogP contribution is -2.38. The standard InChI is InChI=1S/C16H12BrN5O/c17-10-5-3-4-9(8-10)13-20-15(18)21-16-19-12-7-2-1-6-11(12)14(23)22(13)16/h1-8,13H,(H3,18,19,20,21). The Morgan fingerprint density at radius 3 is 2.83 bits per heavy atom. The molecule has 0 spiro atoms. The lowest BCUT2D eigenvalue weighted by Gasteiger charge is -2.25. The van der Waals surface area contributed by atoms with Crippen molar-refractivity contribution in [2.45, 2.75) is 6.17 Å². The SMILES string of the molecule is NC1=NC(c2cccc(Br)c2)n2c(nc3ccccc3c2=O)N1. The molecule has 0 fully saturated rings. The van der Waals surface area contributed by atoms with E-state index in [2.05, 4.69) is 31.2 Å². The molecule has 1 unspecified atom stereocenters. The van der Waals surface area contributed by atoms with Crippen LogP contribution in [0.25, 0.3) is 10.9 Å². The Balaban J connectivity index is 2.02. The number of anilines is 1. The fraction of sp³-hybridized carbons (Fsp3) is 0.0625. The van der Waals surface area contributed by atoms with Crippen molar-refractivity contribution < 1.29 is 0 Å². The molecule has 0 bridgehead atoms. The molecule has 1 aromatic heterocycles. The summed E-state index contributed by atoms with van der Waals surface area (Å²) in [6.07, 6.45) is -0.548. The number of benzene rings is 2. The molecule has 1 atom stereocenters. The summed E-state index contributed by atoms with van der Waals surface area (Å²) < 4.78 is 2.44. The van der Waals surface area contributed by atoms with E-state index in [4.69, 9.17) is 5.73 Å². The summed E-state index contributed by atoms with van der Waals surface area (Å²) in [6, 6.07) is 14.9. The highest BCUT2D eigenvalue weighted by atomic mass is 79.9. The summed E-state index contributed by atoms with van der Waals surface area (Å²) in [5, 5.41) is 3.42. The molecule has 2 heterocycles. The van der Waals surface area contributed by atoms with E-state index in [9.17, 15) is 4.79 Å². The number of nitrogens with two attached hydrogens (primary N) is 1. The first-order valence-electron chi connectivity index (χ1n) is 7.00. The molecule has 6 nitrogen and oxygen atoms in total. The van der Waals surface area contributed by atoms with E-state index in [-0.39, 0.29) is 11.5 Å². The molecule has 0 amide bonds. The number of aromatic nitrogens is 2. The van der Waals surface area contributed by atoms with Gasteiger partial charge in [0.25, 0.3) is 5.56 Å². The van der Waals surface area contributed by atoms with Crippen LogP contribution in [-0.4, -0.2) is 15.5 Å². The summed E-state index contributed by atoms with van der Waals surface area (Å²) in [7, 11) is 0. The Labute approximate surface area is 139 Å². The van der Waals surface area contributed by atoms with E-state index in [1.165, 1.54) is 4.57 Å². The highest BCUT2D eigenvalue weighted by Crippen LogP contribution is 2.27. The predicted molar refractivity (Wildman–Crippen MR) is 93.5 cm³/mol. The van der Waals surface area contributed by atoms with Crippen LogP contribution in [0.5, 0.6) is 0 Å². The van der Waals surface area contributed by atoms with Gasteiger partial charge in [0.1, 0.15) is 0 Å². The molecule has 3 aromatic rings. The van der Waals surface area contributed by atoms with Crippen LogP contribution in [0.4, 0.5) is 5.95 Å². The minimum absolute atomic E-state index is 0.153. The van der Waals surface area contributed by atoms with Gasteiger partial charge in [0, 0.05) is 4.47 Å². The van der Waals surface area contributed by atoms with E-state index in [1.54, 1.807) is 12.1 Å². The summed E-state index contributed by atoms with van der Waals surface area (Å²) >= 11 is 3.44. The monoisotopic (exact) mass is 369 g/mol. The average Bonchev–Trinajstić information content (AvgIpc) is 2.54. The number of hydrogen-bond acceptors (Lipinski definition) is 5. The number of rotatable bonds is 1. The summed E-state index contributed by atoms with van der Waals surface area (Å²) in [5.41, 5.74) is 7.20. The molecule has 114 valence electrons. The molecule has 0 radical (unpaired) electrons. The second-order valence-electron chi connectivity index (χ2n) is 5.20. The van der Waals surface area contributed by atoms with Crippen molar-refractivity contribution >= 4 is 38.7 Å². The minimum atomic E-state index is -0.548. The van der Waals surface area contributed by atoms with Crippen molar-refractivity contribution in [3.63, 3.8) is 0 Å². The van der Waals surface area contributed by atoms with Crippen molar-refractivity contribution in [1.82, 2.24) is 9.55 Å². The predicted octanol–water partition coefficient (Wildman–Crippen LogP) is 2.45. The summed E-state index contributed by atoms with van der Waals surface area (Å²) in [6.45, 7) is 0. The summed E-state index contributed by atoms with van der Waals surface area (Å²) in [4.78, 5) is 21.8. The van der Waals surface area contributed by atoms with E-state index in [1.807, 2.05) is 36.4 Å². The zero-order chi connectivity index (χ0) is 16.0. The fourth-order valence-electron chi connectivity index (χ4n) is 2.69. The molecule has 0 saturated carbocycles. The Hall–Kier alpha value is -2.67. The lowest BCUT2D eigenvalue weighted by atomic mass is 10.1. The third kappa shape index (κ3) is 2.29. The maximum atomic E-state index is 12.9. The first kappa shape index (κ1) is 14.0. The van der Waals surface area contributed by atoms with Crippen molar-refractivity contribution in [3.05, 3.63) is 68.9 Å². The third-order valence-electron chi connectivity index (χ3n) is 3.70. The number of guanidine groups is 1. The lowest BCUT2D eigenvalue weighted by molar-refractivity contribution is 0.583. The largest absolute Gasteiger partial charge is 0.370 e. The van der Waals surface area contributed by atoms with E-state index in [0.717, 1.165) is 10.0 Å². The van der Waals surface area contributed by atoms with Gasteiger partial charge in [-0.3, -0.25) is 14.7 Å². The average molecular weight is 370 g/mol. The first-order chi connectivity index (χ1) is 11.1. The van der Waals surface area contributed by atoms with E-state index < -0.39 is 6.17 Å². The van der Waals surface area contributed by atoms with Gasteiger partial charge in [-0.05, 0) is 29.8 Å². The third-order valence-corrected chi connectivity index (χ3v) is 4.19. The van der Waals surface area contributed by atoms with Crippen LogP contribution in [-0.2, 0) is 0 Å². The molecule has 1 aliphatic heterocycles. The number of hydrogen-bond donors (Lipinski definition) is 2. The molecule has 3 N–H and O–H groups in total. The van der Waals surface area contributed by atoms with Gasteiger partial charge in [0.15, 0.2) is 12.1 Å². The maximum Gasteiger partial charge on any atom is 0.264 e. The van der Waals surface area contributed by atoms with Crippen LogP contribution < -0.4 is 16.6 Å².